The van der Waals surface area contributed by atoms with Crippen molar-refractivity contribution >= 4 is 29.1 Å². The van der Waals surface area contributed by atoms with Crippen molar-refractivity contribution in [2.24, 2.45) is 0 Å². The van der Waals surface area contributed by atoms with Crippen LogP contribution >= 0.6 is 11.8 Å². The van der Waals surface area contributed by atoms with E-state index in [9.17, 15) is 14.0 Å². The van der Waals surface area contributed by atoms with E-state index in [1.807, 2.05) is 24.3 Å². The second-order valence-electron chi connectivity index (χ2n) is 5.09. The van der Waals surface area contributed by atoms with Crippen LogP contribution in [0.3, 0.4) is 0 Å². The van der Waals surface area contributed by atoms with Crippen molar-refractivity contribution in [3.8, 4) is 0 Å². The molecule has 0 unspecified atom stereocenters. The van der Waals surface area contributed by atoms with Gasteiger partial charge >= 0.3 is 0 Å². The molecule has 5 heteroatoms. The summed E-state index contributed by atoms with van der Waals surface area (Å²) in [6.07, 6.45) is 1.21. The first-order valence-corrected chi connectivity index (χ1v) is 8.32. The number of amides is 1. The molecule has 0 radical (unpaired) electrons. The fraction of sp³-hybridized carbons (Fsp3) is 0.222. The number of hydrogen-bond donors (Lipinski definition) is 1. The quantitative estimate of drug-likeness (QED) is 0.460. The average molecular weight is 331 g/mol. The molecule has 0 aliphatic rings. The molecule has 0 aliphatic heterocycles. The smallest absolute Gasteiger partial charge is 0.221 e. The van der Waals surface area contributed by atoms with Gasteiger partial charge in [0.1, 0.15) is 5.82 Å². The lowest BCUT2D eigenvalue weighted by molar-refractivity contribution is -0.114. The number of benzene rings is 2. The SMILES string of the molecule is CC(=O)Nc1ccc(SCCCC(=O)c2ccc(F)cc2)cc1. The van der Waals surface area contributed by atoms with Gasteiger partial charge in [-0.2, -0.15) is 0 Å². The fourth-order valence-electron chi connectivity index (χ4n) is 2.04. The first kappa shape index (κ1) is 17.2. The fourth-order valence-corrected chi connectivity index (χ4v) is 2.89. The minimum absolute atomic E-state index is 0.0339. The zero-order valence-corrected chi connectivity index (χ0v) is 13.7. The third-order valence-electron chi connectivity index (χ3n) is 3.16. The molecule has 0 aliphatic carbocycles. The number of nitrogens with one attached hydrogen (secondary N) is 1. The summed E-state index contributed by atoms with van der Waals surface area (Å²) in [4.78, 5) is 24.0. The molecule has 0 saturated carbocycles. The highest BCUT2D eigenvalue weighted by atomic mass is 32.2. The van der Waals surface area contributed by atoms with Crippen molar-refractivity contribution in [2.45, 2.75) is 24.7 Å². The maximum absolute atomic E-state index is 12.8. The van der Waals surface area contributed by atoms with E-state index in [2.05, 4.69) is 5.32 Å². The van der Waals surface area contributed by atoms with E-state index in [0.29, 0.717) is 12.0 Å². The number of rotatable bonds is 7. The van der Waals surface area contributed by atoms with Gasteiger partial charge in [0.15, 0.2) is 5.78 Å². The summed E-state index contributed by atoms with van der Waals surface area (Å²) in [5.41, 5.74) is 1.32. The van der Waals surface area contributed by atoms with Crippen LogP contribution in [0.2, 0.25) is 0 Å². The van der Waals surface area contributed by atoms with Crippen molar-refractivity contribution in [1.82, 2.24) is 0 Å². The number of hydrogen-bond acceptors (Lipinski definition) is 3. The van der Waals surface area contributed by atoms with Crippen LogP contribution in [-0.2, 0) is 4.79 Å². The number of Topliss-reactive ketones (excluding diaryl/α,β-unsaturated/α-hetero) is 1. The van der Waals surface area contributed by atoms with Gasteiger partial charge in [-0.15, -0.1) is 11.8 Å². The Morgan fingerprint density at radius 1 is 1.04 bits per heavy atom. The van der Waals surface area contributed by atoms with Crippen LogP contribution in [-0.4, -0.2) is 17.4 Å². The first-order chi connectivity index (χ1) is 11.0. The van der Waals surface area contributed by atoms with E-state index in [1.54, 1.807) is 11.8 Å². The van der Waals surface area contributed by atoms with Crippen LogP contribution in [0.5, 0.6) is 0 Å². The van der Waals surface area contributed by atoms with Crippen LogP contribution in [0.1, 0.15) is 30.1 Å². The lowest BCUT2D eigenvalue weighted by Gasteiger charge is -2.05. The summed E-state index contributed by atoms with van der Waals surface area (Å²) in [6, 6.07) is 13.2. The van der Waals surface area contributed by atoms with Gasteiger partial charge in [0.2, 0.25) is 5.91 Å². The average Bonchev–Trinajstić information content (AvgIpc) is 2.53. The van der Waals surface area contributed by atoms with Crippen molar-refractivity contribution in [1.29, 1.82) is 0 Å². The van der Waals surface area contributed by atoms with Crippen molar-refractivity contribution in [2.75, 3.05) is 11.1 Å². The van der Waals surface area contributed by atoms with Gasteiger partial charge in [0.05, 0.1) is 0 Å². The van der Waals surface area contributed by atoms with Crippen LogP contribution in [0, 0.1) is 5.82 Å². The Labute approximate surface area is 139 Å². The van der Waals surface area contributed by atoms with E-state index >= 15 is 0 Å². The predicted molar refractivity (Wildman–Crippen MR) is 91.4 cm³/mol. The van der Waals surface area contributed by atoms with Crippen LogP contribution in [0.15, 0.2) is 53.4 Å². The van der Waals surface area contributed by atoms with E-state index in [0.717, 1.165) is 22.8 Å². The molecule has 0 saturated heterocycles. The Bertz CT molecular complexity index is 668. The molecule has 0 atom stereocenters. The van der Waals surface area contributed by atoms with Crippen LogP contribution in [0.25, 0.3) is 0 Å². The molecule has 0 fully saturated rings. The minimum atomic E-state index is -0.334. The van der Waals surface area contributed by atoms with E-state index in [1.165, 1.54) is 31.2 Å². The summed E-state index contributed by atoms with van der Waals surface area (Å²) < 4.78 is 12.8. The molecule has 0 bridgehead atoms. The topological polar surface area (TPSA) is 46.2 Å². The largest absolute Gasteiger partial charge is 0.326 e. The Balaban J connectivity index is 1.73. The molecule has 3 nitrogen and oxygen atoms in total. The van der Waals surface area contributed by atoms with Gasteiger partial charge in [-0.05, 0) is 60.7 Å². The number of anilines is 1. The highest BCUT2D eigenvalue weighted by molar-refractivity contribution is 7.99. The third-order valence-corrected chi connectivity index (χ3v) is 4.26. The van der Waals surface area contributed by atoms with E-state index < -0.39 is 0 Å². The lowest BCUT2D eigenvalue weighted by atomic mass is 10.1. The molecule has 1 N–H and O–H groups in total. The molecule has 0 heterocycles. The molecule has 0 aromatic heterocycles. The Hall–Kier alpha value is -2.14. The molecule has 0 spiro atoms. The number of thioether (sulfide) groups is 1. The molecular formula is C18H18FNO2S. The molecule has 23 heavy (non-hydrogen) atoms. The minimum Gasteiger partial charge on any atom is -0.326 e. The highest BCUT2D eigenvalue weighted by Gasteiger charge is 2.06. The zero-order chi connectivity index (χ0) is 16.7. The summed E-state index contributed by atoms with van der Waals surface area (Å²) in [6.45, 7) is 1.47. The maximum atomic E-state index is 12.8. The number of carbonyl (C=O) groups is 2. The van der Waals surface area contributed by atoms with Gasteiger partial charge < -0.3 is 5.32 Å². The van der Waals surface area contributed by atoms with Crippen LogP contribution < -0.4 is 5.32 Å². The Kier molecular flexibility index (Phi) is 6.35. The summed E-state index contributed by atoms with van der Waals surface area (Å²) in [5, 5.41) is 2.72. The van der Waals surface area contributed by atoms with Crippen LogP contribution in [0.4, 0.5) is 10.1 Å². The molecule has 120 valence electrons. The summed E-state index contributed by atoms with van der Waals surface area (Å²) >= 11 is 1.66. The first-order valence-electron chi connectivity index (χ1n) is 7.34. The van der Waals surface area contributed by atoms with Gasteiger partial charge in [-0.25, -0.2) is 4.39 Å². The maximum Gasteiger partial charge on any atom is 0.221 e. The highest BCUT2D eigenvalue weighted by Crippen LogP contribution is 2.22. The van der Waals surface area contributed by atoms with Gasteiger partial charge in [0, 0.05) is 29.5 Å². The molecular weight excluding hydrogens is 313 g/mol. The normalized spacial score (nSPS) is 10.3. The van der Waals surface area contributed by atoms with E-state index in [4.69, 9.17) is 0 Å². The van der Waals surface area contributed by atoms with Crippen molar-refractivity contribution in [3.05, 3.63) is 59.9 Å². The van der Waals surface area contributed by atoms with Gasteiger partial charge in [-0.1, -0.05) is 0 Å². The van der Waals surface area contributed by atoms with E-state index in [-0.39, 0.29) is 17.5 Å². The Morgan fingerprint density at radius 3 is 2.30 bits per heavy atom. The molecule has 2 aromatic carbocycles. The third kappa shape index (κ3) is 5.87. The number of ketones is 1. The monoisotopic (exact) mass is 331 g/mol. The lowest BCUT2D eigenvalue weighted by Crippen LogP contribution is -2.05. The number of carbonyl (C=O) groups excluding carboxylic acids is 2. The second kappa shape index (κ2) is 8.48. The second-order valence-corrected chi connectivity index (χ2v) is 6.26. The molecule has 1 amide bonds. The Morgan fingerprint density at radius 2 is 1.70 bits per heavy atom. The standard InChI is InChI=1S/C18H18FNO2S/c1-13(21)20-16-8-10-17(11-9-16)23-12-2-3-18(22)14-4-6-15(19)7-5-14/h4-11H,2-3,12H2,1H3,(H,20,21). The predicted octanol–water partition coefficient (Wildman–Crippen LogP) is 4.54. The van der Waals surface area contributed by atoms with Crippen molar-refractivity contribution in [3.63, 3.8) is 0 Å². The summed E-state index contributed by atoms with van der Waals surface area (Å²) in [5.74, 6) is 0.433. The summed E-state index contributed by atoms with van der Waals surface area (Å²) in [7, 11) is 0. The molecule has 2 rings (SSSR count). The van der Waals surface area contributed by atoms with Crippen molar-refractivity contribution < 1.29 is 14.0 Å². The van der Waals surface area contributed by atoms with Gasteiger partial charge in [-0.3, -0.25) is 9.59 Å². The zero-order valence-electron chi connectivity index (χ0n) is 12.8. The number of halogens is 1. The van der Waals surface area contributed by atoms with Gasteiger partial charge in [0.25, 0.3) is 0 Å². The molecule has 2 aromatic rings.